The topological polar surface area (TPSA) is 49.6 Å². The molecule has 0 aromatic rings. The molecule has 0 aromatic heterocycles. The van der Waals surface area contributed by atoms with Crippen LogP contribution in [0.5, 0.6) is 0 Å². The van der Waals surface area contributed by atoms with Crippen molar-refractivity contribution < 1.29 is 4.79 Å². The van der Waals surface area contributed by atoms with E-state index in [-0.39, 0.29) is 0 Å². The minimum Gasteiger partial charge on any atom is -0.341 e. The molecule has 20 heavy (non-hydrogen) atoms. The Balaban J connectivity index is 1.75. The number of rotatable bonds is 4. The SMILES string of the molecule is CC1CC(C)CN(C(=O)CN2CCC(CCN)CC2)C1. The molecule has 0 spiro atoms. The van der Waals surface area contributed by atoms with E-state index in [9.17, 15) is 4.79 Å². The molecule has 0 radical (unpaired) electrons. The van der Waals surface area contributed by atoms with E-state index in [1.54, 1.807) is 0 Å². The van der Waals surface area contributed by atoms with Gasteiger partial charge in [-0.3, -0.25) is 9.69 Å². The van der Waals surface area contributed by atoms with Crippen LogP contribution in [0, 0.1) is 17.8 Å². The normalized spacial score (nSPS) is 29.6. The van der Waals surface area contributed by atoms with Crippen LogP contribution in [0.1, 0.15) is 39.5 Å². The third kappa shape index (κ3) is 4.45. The van der Waals surface area contributed by atoms with Gasteiger partial charge in [-0.25, -0.2) is 0 Å². The Morgan fingerprint density at radius 2 is 1.75 bits per heavy atom. The van der Waals surface area contributed by atoms with Gasteiger partial charge in [0.1, 0.15) is 0 Å². The summed E-state index contributed by atoms with van der Waals surface area (Å²) >= 11 is 0. The van der Waals surface area contributed by atoms with Crippen LogP contribution < -0.4 is 5.73 Å². The summed E-state index contributed by atoms with van der Waals surface area (Å²) in [5.74, 6) is 2.41. The maximum atomic E-state index is 12.4. The largest absolute Gasteiger partial charge is 0.341 e. The number of nitrogens with zero attached hydrogens (tertiary/aromatic N) is 2. The van der Waals surface area contributed by atoms with Crippen LogP contribution in [0.15, 0.2) is 0 Å². The highest BCUT2D eigenvalue weighted by molar-refractivity contribution is 5.78. The fourth-order valence-electron chi connectivity index (χ4n) is 3.83. The number of nitrogens with two attached hydrogens (primary N) is 1. The summed E-state index contributed by atoms with van der Waals surface area (Å²) in [4.78, 5) is 16.8. The van der Waals surface area contributed by atoms with Crippen molar-refractivity contribution in [2.45, 2.75) is 39.5 Å². The molecular weight excluding hydrogens is 250 g/mol. The smallest absolute Gasteiger partial charge is 0.236 e. The van der Waals surface area contributed by atoms with Crippen LogP contribution in [0.2, 0.25) is 0 Å². The van der Waals surface area contributed by atoms with Crippen LogP contribution in [-0.2, 0) is 4.79 Å². The average molecular weight is 281 g/mol. The minimum atomic E-state index is 0.334. The van der Waals surface area contributed by atoms with Crippen molar-refractivity contribution >= 4 is 5.91 Å². The van der Waals surface area contributed by atoms with Crippen molar-refractivity contribution in [2.24, 2.45) is 23.5 Å². The molecule has 2 rings (SSSR count). The zero-order chi connectivity index (χ0) is 14.5. The lowest BCUT2D eigenvalue weighted by Gasteiger charge is -2.37. The van der Waals surface area contributed by atoms with E-state index in [1.165, 1.54) is 19.3 Å². The van der Waals surface area contributed by atoms with Crippen molar-refractivity contribution in [1.82, 2.24) is 9.80 Å². The van der Waals surface area contributed by atoms with Gasteiger partial charge in [0.25, 0.3) is 0 Å². The molecule has 116 valence electrons. The van der Waals surface area contributed by atoms with E-state index < -0.39 is 0 Å². The molecule has 0 bridgehead atoms. The van der Waals surface area contributed by atoms with Gasteiger partial charge in [0.2, 0.25) is 5.91 Å². The third-order valence-electron chi connectivity index (χ3n) is 4.86. The number of hydrogen-bond donors (Lipinski definition) is 1. The average Bonchev–Trinajstić information content (AvgIpc) is 2.40. The van der Waals surface area contributed by atoms with Crippen LogP contribution in [0.3, 0.4) is 0 Å². The Morgan fingerprint density at radius 1 is 1.15 bits per heavy atom. The molecule has 4 nitrogen and oxygen atoms in total. The van der Waals surface area contributed by atoms with Gasteiger partial charge in [-0.1, -0.05) is 13.8 Å². The standard InChI is InChI=1S/C16H31N3O/c1-13-9-14(2)11-19(10-13)16(20)12-18-7-4-15(3-6-17)5-8-18/h13-15H,3-12,17H2,1-2H3. The summed E-state index contributed by atoms with van der Waals surface area (Å²) in [6.07, 6.45) is 4.81. The molecule has 2 fully saturated rings. The fraction of sp³-hybridized carbons (Fsp3) is 0.938. The molecule has 0 saturated carbocycles. The molecule has 2 saturated heterocycles. The van der Waals surface area contributed by atoms with Crippen LogP contribution in [-0.4, -0.2) is 55.0 Å². The van der Waals surface area contributed by atoms with Crippen molar-refractivity contribution in [3.8, 4) is 0 Å². The number of hydrogen-bond acceptors (Lipinski definition) is 3. The first kappa shape index (κ1) is 15.8. The van der Waals surface area contributed by atoms with E-state index in [1.807, 2.05) is 0 Å². The molecule has 2 atom stereocenters. The maximum absolute atomic E-state index is 12.4. The van der Waals surface area contributed by atoms with Crippen molar-refractivity contribution in [1.29, 1.82) is 0 Å². The van der Waals surface area contributed by atoms with Crippen molar-refractivity contribution in [2.75, 3.05) is 39.3 Å². The maximum Gasteiger partial charge on any atom is 0.236 e. The Bertz CT molecular complexity index is 303. The van der Waals surface area contributed by atoms with E-state index in [0.717, 1.165) is 45.1 Å². The minimum absolute atomic E-state index is 0.334. The highest BCUT2D eigenvalue weighted by atomic mass is 16.2. The molecule has 2 aliphatic rings. The van der Waals surface area contributed by atoms with Crippen LogP contribution >= 0.6 is 0 Å². The molecule has 0 aromatic carbocycles. The second kappa shape index (κ2) is 7.41. The second-order valence-corrected chi connectivity index (χ2v) is 7.04. The number of likely N-dealkylation sites (tertiary alicyclic amines) is 2. The molecule has 0 aliphatic carbocycles. The molecule has 1 amide bonds. The highest BCUT2D eigenvalue weighted by Gasteiger charge is 2.27. The molecular formula is C16H31N3O. The number of carbonyl (C=O) groups is 1. The summed E-state index contributed by atoms with van der Waals surface area (Å²) in [5, 5.41) is 0. The number of carbonyl (C=O) groups excluding carboxylic acids is 1. The highest BCUT2D eigenvalue weighted by Crippen LogP contribution is 2.22. The van der Waals surface area contributed by atoms with Gasteiger partial charge in [0, 0.05) is 13.1 Å². The summed E-state index contributed by atoms with van der Waals surface area (Å²) in [6, 6.07) is 0. The van der Waals surface area contributed by atoms with Gasteiger partial charge < -0.3 is 10.6 Å². The van der Waals surface area contributed by atoms with E-state index in [2.05, 4.69) is 23.6 Å². The third-order valence-corrected chi connectivity index (χ3v) is 4.86. The van der Waals surface area contributed by atoms with E-state index in [4.69, 9.17) is 5.73 Å². The van der Waals surface area contributed by atoms with Crippen LogP contribution in [0.4, 0.5) is 0 Å². The molecule has 2 N–H and O–H groups in total. The summed E-state index contributed by atoms with van der Waals surface area (Å²) in [6.45, 7) is 9.97. The zero-order valence-electron chi connectivity index (χ0n) is 13.2. The lowest BCUT2D eigenvalue weighted by Crippen LogP contribution is -2.48. The van der Waals surface area contributed by atoms with Gasteiger partial charge in [-0.2, -0.15) is 0 Å². The molecule has 4 heteroatoms. The van der Waals surface area contributed by atoms with E-state index >= 15 is 0 Å². The predicted octanol–water partition coefficient (Wildman–Crippen LogP) is 1.55. The predicted molar refractivity (Wildman–Crippen MR) is 82.4 cm³/mol. The second-order valence-electron chi connectivity index (χ2n) is 7.04. The molecule has 2 unspecified atom stereocenters. The van der Waals surface area contributed by atoms with Crippen molar-refractivity contribution in [3.63, 3.8) is 0 Å². The van der Waals surface area contributed by atoms with Gasteiger partial charge in [0.05, 0.1) is 6.54 Å². The van der Waals surface area contributed by atoms with E-state index in [0.29, 0.717) is 24.3 Å². The van der Waals surface area contributed by atoms with Crippen molar-refractivity contribution in [3.05, 3.63) is 0 Å². The summed E-state index contributed by atoms with van der Waals surface area (Å²) in [5.41, 5.74) is 5.62. The first-order chi connectivity index (χ1) is 9.58. The van der Waals surface area contributed by atoms with Gasteiger partial charge in [-0.15, -0.1) is 0 Å². The van der Waals surface area contributed by atoms with Crippen LogP contribution in [0.25, 0.3) is 0 Å². The Labute approximate surface area is 123 Å². The monoisotopic (exact) mass is 281 g/mol. The van der Waals surface area contributed by atoms with Gasteiger partial charge in [0.15, 0.2) is 0 Å². The Kier molecular flexibility index (Phi) is 5.85. The van der Waals surface area contributed by atoms with Gasteiger partial charge >= 0.3 is 0 Å². The summed E-state index contributed by atoms with van der Waals surface area (Å²) < 4.78 is 0. The first-order valence-corrected chi connectivity index (χ1v) is 8.28. The van der Waals surface area contributed by atoms with Gasteiger partial charge in [-0.05, 0) is 63.1 Å². The Hall–Kier alpha value is -0.610. The quantitative estimate of drug-likeness (QED) is 0.850. The lowest BCUT2D eigenvalue weighted by molar-refractivity contribution is -0.135. The molecule has 2 aliphatic heterocycles. The fourth-order valence-corrected chi connectivity index (χ4v) is 3.83. The lowest BCUT2D eigenvalue weighted by atomic mass is 9.91. The number of piperidine rings is 2. The number of amides is 1. The Morgan fingerprint density at radius 3 is 2.30 bits per heavy atom. The molecule has 2 heterocycles. The zero-order valence-corrected chi connectivity index (χ0v) is 13.2. The summed E-state index contributed by atoms with van der Waals surface area (Å²) in [7, 11) is 0. The first-order valence-electron chi connectivity index (χ1n) is 8.28.